The lowest BCUT2D eigenvalue weighted by molar-refractivity contribution is 0.0939. The molecule has 7 heteroatoms. The fourth-order valence-electron chi connectivity index (χ4n) is 1.37. The predicted octanol–water partition coefficient (Wildman–Crippen LogP) is 3.45. The van der Waals surface area contributed by atoms with E-state index in [2.05, 4.69) is 31.2 Å². The Hall–Kier alpha value is -0.980. The molecule has 2 rings (SSSR count). The van der Waals surface area contributed by atoms with Gasteiger partial charge in [0.1, 0.15) is 10.2 Å². The molecule has 0 aliphatic carbocycles. The largest absolute Gasteiger partial charge is 0.343 e. The molecule has 1 atom stereocenters. The minimum absolute atomic E-state index is 0.160. The summed E-state index contributed by atoms with van der Waals surface area (Å²) in [6.45, 7) is 1.87. The fraction of sp³-hybridized carbons (Fsp3) is 0.182. The van der Waals surface area contributed by atoms with Crippen LogP contribution < -0.4 is 5.32 Å². The Balaban J connectivity index is 2.15. The van der Waals surface area contributed by atoms with Gasteiger partial charge in [-0.05, 0) is 28.9 Å². The lowest BCUT2D eigenvalue weighted by atomic mass is 10.2. The first-order valence-corrected chi connectivity index (χ1v) is 7.14. The molecular weight excluding hydrogens is 338 g/mol. The normalized spacial score (nSPS) is 12.2. The van der Waals surface area contributed by atoms with Crippen LogP contribution in [-0.2, 0) is 0 Å². The highest BCUT2D eigenvalue weighted by atomic mass is 79.9. The number of amides is 1. The van der Waals surface area contributed by atoms with Crippen LogP contribution in [0.5, 0.6) is 0 Å². The molecule has 2 aromatic rings. The summed E-state index contributed by atoms with van der Waals surface area (Å²) in [6, 6.07) is 1.48. The number of carbonyl (C=O) groups is 1. The van der Waals surface area contributed by atoms with Crippen LogP contribution in [0.3, 0.4) is 0 Å². The molecule has 0 bridgehead atoms. The smallest absolute Gasteiger partial charge is 0.255 e. The topological polar surface area (TPSA) is 54.9 Å². The summed E-state index contributed by atoms with van der Waals surface area (Å²) >= 11 is 10.6. The third-order valence-electron chi connectivity index (χ3n) is 2.22. The molecule has 0 aliphatic rings. The van der Waals surface area contributed by atoms with Crippen LogP contribution in [0, 0.1) is 0 Å². The molecule has 1 unspecified atom stereocenters. The molecule has 0 aliphatic heterocycles. The molecule has 1 N–H and O–H groups in total. The zero-order valence-electron chi connectivity index (χ0n) is 9.35. The number of carbonyl (C=O) groups excluding carboxylic acids is 1. The first-order chi connectivity index (χ1) is 8.58. The van der Waals surface area contributed by atoms with Crippen molar-refractivity contribution in [2.24, 2.45) is 0 Å². The lowest BCUT2D eigenvalue weighted by Gasteiger charge is -2.11. The second kappa shape index (κ2) is 5.77. The monoisotopic (exact) mass is 345 g/mol. The Morgan fingerprint density at radius 2 is 2.33 bits per heavy atom. The van der Waals surface area contributed by atoms with Crippen LogP contribution >= 0.6 is 38.9 Å². The van der Waals surface area contributed by atoms with Gasteiger partial charge >= 0.3 is 0 Å². The Kier molecular flexibility index (Phi) is 4.31. The van der Waals surface area contributed by atoms with E-state index in [0.29, 0.717) is 10.0 Å². The van der Waals surface area contributed by atoms with Crippen LogP contribution in [0.2, 0.25) is 5.15 Å². The zero-order valence-corrected chi connectivity index (χ0v) is 12.5. The van der Waals surface area contributed by atoms with Gasteiger partial charge < -0.3 is 5.32 Å². The molecule has 2 aromatic heterocycles. The molecule has 2 heterocycles. The van der Waals surface area contributed by atoms with E-state index in [9.17, 15) is 4.79 Å². The van der Waals surface area contributed by atoms with Crippen LogP contribution in [0.4, 0.5) is 0 Å². The maximum atomic E-state index is 12.0. The maximum absolute atomic E-state index is 12.0. The number of nitrogens with one attached hydrogen (secondary N) is 1. The molecule has 0 saturated carbocycles. The van der Waals surface area contributed by atoms with Gasteiger partial charge in [-0.2, -0.15) is 0 Å². The molecule has 0 aromatic carbocycles. The number of pyridine rings is 1. The Bertz CT molecular complexity index is 561. The summed E-state index contributed by atoms with van der Waals surface area (Å²) in [5.41, 5.74) is 0.342. The van der Waals surface area contributed by atoms with Crippen molar-refractivity contribution in [3.63, 3.8) is 0 Å². The second-order valence-electron chi connectivity index (χ2n) is 3.56. The van der Waals surface area contributed by atoms with Crippen LogP contribution in [-0.4, -0.2) is 15.9 Å². The molecule has 1 amide bonds. The highest BCUT2D eigenvalue weighted by Crippen LogP contribution is 2.20. The predicted molar refractivity (Wildman–Crippen MR) is 74.9 cm³/mol. The minimum atomic E-state index is -0.267. The Morgan fingerprint density at radius 1 is 1.56 bits per heavy atom. The SMILES string of the molecule is CC(NC(=O)c1cc(Br)cnc1Cl)c1nccs1. The molecule has 94 valence electrons. The van der Waals surface area contributed by atoms with Crippen molar-refractivity contribution in [1.82, 2.24) is 15.3 Å². The van der Waals surface area contributed by atoms with E-state index in [4.69, 9.17) is 11.6 Å². The average molecular weight is 347 g/mol. The summed E-state index contributed by atoms with van der Waals surface area (Å²) in [5, 5.41) is 5.73. The summed E-state index contributed by atoms with van der Waals surface area (Å²) in [6.07, 6.45) is 3.25. The van der Waals surface area contributed by atoms with E-state index in [1.54, 1.807) is 18.5 Å². The van der Waals surface area contributed by atoms with Gasteiger partial charge in [-0.25, -0.2) is 9.97 Å². The highest BCUT2D eigenvalue weighted by Gasteiger charge is 2.16. The highest BCUT2D eigenvalue weighted by molar-refractivity contribution is 9.10. The van der Waals surface area contributed by atoms with Gasteiger partial charge in [0.25, 0.3) is 5.91 Å². The van der Waals surface area contributed by atoms with Gasteiger partial charge in [0.15, 0.2) is 0 Å². The first kappa shape index (κ1) is 13.5. The number of nitrogens with zero attached hydrogens (tertiary/aromatic N) is 2. The zero-order chi connectivity index (χ0) is 13.1. The quantitative estimate of drug-likeness (QED) is 0.866. The summed E-state index contributed by atoms with van der Waals surface area (Å²) < 4.78 is 0.707. The minimum Gasteiger partial charge on any atom is -0.343 e. The van der Waals surface area contributed by atoms with E-state index in [0.717, 1.165) is 5.01 Å². The summed E-state index contributed by atoms with van der Waals surface area (Å²) in [4.78, 5) is 20.1. The molecule has 0 fully saturated rings. The maximum Gasteiger partial charge on any atom is 0.255 e. The van der Waals surface area contributed by atoms with Crippen molar-refractivity contribution in [3.05, 3.63) is 44.0 Å². The van der Waals surface area contributed by atoms with E-state index in [1.807, 2.05) is 12.3 Å². The first-order valence-electron chi connectivity index (χ1n) is 5.09. The molecule has 0 radical (unpaired) electrons. The average Bonchev–Trinajstić information content (AvgIpc) is 2.85. The molecule has 0 spiro atoms. The van der Waals surface area contributed by atoms with Crippen molar-refractivity contribution < 1.29 is 4.79 Å². The number of rotatable bonds is 3. The van der Waals surface area contributed by atoms with Gasteiger partial charge in [-0.3, -0.25) is 4.79 Å². The second-order valence-corrected chi connectivity index (χ2v) is 5.76. The summed E-state index contributed by atoms with van der Waals surface area (Å²) in [7, 11) is 0. The van der Waals surface area contributed by atoms with Gasteiger partial charge in [0.05, 0.1) is 11.6 Å². The third-order valence-corrected chi connectivity index (χ3v) is 3.91. The molecule has 18 heavy (non-hydrogen) atoms. The van der Waals surface area contributed by atoms with Gasteiger partial charge in [0, 0.05) is 22.2 Å². The lowest BCUT2D eigenvalue weighted by Crippen LogP contribution is -2.27. The van der Waals surface area contributed by atoms with Gasteiger partial charge in [0.2, 0.25) is 0 Å². The van der Waals surface area contributed by atoms with Crippen molar-refractivity contribution in [2.45, 2.75) is 13.0 Å². The van der Waals surface area contributed by atoms with Gasteiger partial charge in [-0.1, -0.05) is 11.6 Å². The van der Waals surface area contributed by atoms with E-state index in [-0.39, 0.29) is 17.1 Å². The van der Waals surface area contributed by atoms with Crippen molar-refractivity contribution in [1.29, 1.82) is 0 Å². The molecular formula is C11H9BrClN3OS. The number of hydrogen-bond acceptors (Lipinski definition) is 4. The Morgan fingerprint density at radius 3 is 3.00 bits per heavy atom. The van der Waals surface area contributed by atoms with Crippen LogP contribution in [0.25, 0.3) is 0 Å². The fourth-order valence-corrected chi connectivity index (χ4v) is 2.53. The van der Waals surface area contributed by atoms with Crippen molar-refractivity contribution >= 4 is 44.8 Å². The number of hydrogen-bond donors (Lipinski definition) is 1. The molecule has 4 nitrogen and oxygen atoms in total. The summed E-state index contributed by atoms with van der Waals surface area (Å²) in [5.74, 6) is -0.267. The number of aromatic nitrogens is 2. The third kappa shape index (κ3) is 3.07. The van der Waals surface area contributed by atoms with Crippen LogP contribution in [0.15, 0.2) is 28.3 Å². The van der Waals surface area contributed by atoms with E-state index >= 15 is 0 Å². The Labute approximate surface area is 122 Å². The number of thiazole rings is 1. The van der Waals surface area contributed by atoms with Gasteiger partial charge in [-0.15, -0.1) is 11.3 Å². The van der Waals surface area contributed by atoms with Crippen molar-refractivity contribution in [2.75, 3.05) is 0 Å². The van der Waals surface area contributed by atoms with Crippen molar-refractivity contribution in [3.8, 4) is 0 Å². The molecule has 0 saturated heterocycles. The number of halogens is 2. The van der Waals surface area contributed by atoms with E-state index in [1.165, 1.54) is 11.3 Å². The van der Waals surface area contributed by atoms with E-state index < -0.39 is 0 Å². The standard InChI is InChI=1S/C11H9BrClN3OS/c1-6(11-14-2-3-18-11)16-10(17)8-4-7(12)5-15-9(8)13/h2-6H,1H3,(H,16,17). The van der Waals surface area contributed by atoms with Crippen LogP contribution in [0.1, 0.15) is 28.3 Å².